The molecule has 0 saturated carbocycles. The Morgan fingerprint density at radius 3 is 2.73 bits per heavy atom. The first-order valence-corrected chi connectivity index (χ1v) is 5.50. The third-order valence-electron chi connectivity index (χ3n) is 3.07. The van der Waals surface area contributed by atoms with Gasteiger partial charge < -0.3 is 0 Å². The fraction of sp³-hybridized carbons (Fsp3) is 0.583. The second kappa shape index (κ2) is 3.40. The predicted molar refractivity (Wildman–Crippen MR) is 62.0 cm³/mol. The van der Waals surface area contributed by atoms with Crippen molar-refractivity contribution in [1.82, 2.24) is 9.13 Å². The van der Waals surface area contributed by atoms with E-state index in [1.165, 1.54) is 5.69 Å². The van der Waals surface area contributed by atoms with Crippen molar-refractivity contribution in [3.8, 4) is 0 Å². The van der Waals surface area contributed by atoms with Crippen LogP contribution in [0.15, 0.2) is 10.9 Å². The third kappa shape index (κ3) is 1.46. The zero-order chi connectivity index (χ0) is 11.2. The van der Waals surface area contributed by atoms with Crippen LogP contribution < -0.4 is 5.69 Å². The lowest BCUT2D eigenvalue weighted by atomic mass is 9.98. The average molecular weight is 206 g/mol. The standard InChI is InChI=1S/C12H18N2O/c1-8(2)14-10-6-5-9(3)7-11(10)13(4)12(14)15/h5-6,8-9H,7H2,1-4H3. The van der Waals surface area contributed by atoms with Crippen molar-refractivity contribution in [2.24, 2.45) is 13.0 Å². The smallest absolute Gasteiger partial charge is 0.299 e. The van der Waals surface area contributed by atoms with Gasteiger partial charge in [0.25, 0.3) is 0 Å². The molecule has 0 fully saturated rings. The summed E-state index contributed by atoms with van der Waals surface area (Å²) < 4.78 is 3.66. The van der Waals surface area contributed by atoms with Crippen molar-refractivity contribution in [2.45, 2.75) is 33.2 Å². The minimum Gasteiger partial charge on any atom is -0.299 e. The highest BCUT2D eigenvalue weighted by atomic mass is 16.1. The van der Waals surface area contributed by atoms with Crippen LogP contribution in [0.3, 0.4) is 0 Å². The van der Waals surface area contributed by atoms with Crippen LogP contribution in [-0.2, 0) is 13.5 Å². The van der Waals surface area contributed by atoms with Gasteiger partial charge in [0.15, 0.2) is 0 Å². The first-order valence-electron chi connectivity index (χ1n) is 5.50. The number of hydrogen-bond donors (Lipinski definition) is 0. The van der Waals surface area contributed by atoms with Crippen LogP contribution in [0.4, 0.5) is 0 Å². The molecule has 1 heterocycles. The van der Waals surface area contributed by atoms with Crippen LogP contribution in [0.1, 0.15) is 38.2 Å². The molecular formula is C12H18N2O. The van der Waals surface area contributed by atoms with Crippen LogP contribution in [0, 0.1) is 5.92 Å². The first kappa shape index (κ1) is 10.3. The van der Waals surface area contributed by atoms with Gasteiger partial charge in [-0.15, -0.1) is 0 Å². The fourth-order valence-electron chi connectivity index (χ4n) is 2.24. The number of rotatable bonds is 1. The monoisotopic (exact) mass is 206 g/mol. The Kier molecular flexibility index (Phi) is 2.33. The lowest BCUT2D eigenvalue weighted by Crippen LogP contribution is -2.24. The summed E-state index contributed by atoms with van der Waals surface area (Å²) in [6, 6.07) is 0.227. The normalized spacial score (nSPS) is 19.7. The Morgan fingerprint density at radius 2 is 2.13 bits per heavy atom. The fourth-order valence-corrected chi connectivity index (χ4v) is 2.24. The highest BCUT2D eigenvalue weighted by molar-refractivity contribution is 5.52. The van der Waals surface area contributed by atoms with E-state index in [4.69, 9.17) is 0 Å². The summed E-state index contributed by atoms with van der Waals surface area (Å²) in [5, 5.41) is 0. The number of nitrogens with zero attached hydrogens (tertiary/aromatic N) is 2. The molecule has 0 saturated heterocycles. The molecule has 1 unspecified atom stereocenters. The summed E-state index contributed by atoms with van der Waals surface area (Å²) in [6.07, 6.45) is 5.24. The Morgan fingerprint density at radius 1 is 1.47 bits per heavy atom. The summed E-state index contributed by atoms with van der Waals surface area (Å²) in [5.74, 6) is 0.533. The van der Waals surface area contributed by atoms with E-state index in [1.54, 1.807) is 4.57 Å². The van der Waals surface area contributed by atoms with Crippen molar-refractivity contribution in [2.75, 3.05) is 0 Å². The van der Waals surface area contributed by atoms with E-state index in [9.17, 15) is 4.79 Å². The van der Waals surface area contributed by atoms with Crippen LogP contribution in [0.2, 0.25) is 0 Å². The average Bonchev–Trinajstić information content (AvgIpc) is 2.41. The van der Waals surface area contributed by atoms with Crippen molar-refractivity contribution < 1.29 is 0 Å². The Labute approximate surface area is 90.0 Å². The van der Waals surface area contributed by atoms with Gasteiger partial charge in [0.1, 0.15) is 0 Å². The van der Waals surface area contributed by atoms with Crippen LogP contribution in [0.25, 0.3) is 6.08 Å². The van der Waals surface area contributed by atoms with E-state index in [1.807, 2.05) is 25.5 Å². The molecule has 1 aromatic heterocycles. The number of aromatic nitrogens is 2. The van der Waals surface area contributed by atoms with Gasteiger partial charge in [0, 0.05) is 18.8 Å². The zero-order valence-corrected chi connectivity index (χ0v) is 9.82. The molecule has 0 amide bonds. The molecule has 0 bridgehead atoms. The van der Waals surface area contributed by atoms with Crippen molar-refractivity contribution in [3.05, 3.63) is 27.9 Å². The predicted octanol–water partition coefficient (Wildman–Crippen LogP) is 1.97. The quantitative estimate of drug-likeness (QED) is 0.690. The Balaban J connectivity index is 2.68. The second-order valence-electron chi connectivity index (χ2n) is 4.68. The third-order valence-corrected chi connectivity index (χ3v) is 3.07. The SMILES string of the molecule is CC1C=Cc2c(n(C)c(=O)n2C(C)C)C1. The molecule has 0 aromatic carbocycles. The molecule has 0 N–H and O–H groups in total. The number of fused-ring (bicyclic) bond motifs is 1. The molecule has 1 aliphatic rings. The maximum atomic E-state index is 12.0. The number of hydrogen-bond acceptors (Lipinski definition) is 1. The summed E-state index contributed by atoms with van der Waals surface area (Å²) in [6.45, 7) is 6.28. The van der Waals surface area contributed by atoms with E-state index in [0.717, 1.165) is 12.1 Å². The molecule has 3 nitrogen and oxygen atoms in total. The van der Waals surface area contributed by atoms with Crippen molar-refractivity contribution in [1.29, 1.82) is 0 Å². The number of imidazole rings is 1. The Hall–Kier alpha value is -1.25. The molecule has 82 valence electrons. The van der Waals surface area contributed by atoms with Crippen LogP contribution in [-0.4, -0.2) is 9.13 Å². The van der Waals surface area contributed by atoms with Gasteiger partial charge in [-0.1, -0.05) is 13.0 Å². The molecule has 3 heteroatoms. The zero-order valence-electron chi connectivity index (χ0n) is 9.82. The van der Waals surface area contributed by atoms with Crippen LogP contribution >= 0.6 is 0 Å². The molecule has 1 aliphatic carbocycles. The van der Waals surface area contributed by atoms with E-state index in [2.05, 4.69) is 19.1 Å². The van der Waals surface area contributed by atoms with Gasteiger partial charge >= 0.3 is 5.69 Å². The highest BCUT2D eigenvalue weighted by Crippen LogP contribution is 2.23. The van der Waals surface area contributed by atoms with Crippen molar-refractivity contribution >= 4 is 6.08 Å². The first-order chi connectivity index (χ1) is 7.02. The summed E-state index contributed by atoms with van der Waals surface area (Å²) in [4.78, 5) is 12.0. The van der Waals surface area contributed by atoms with Crippen molar-refractivity contribution in [3.63, 3.8) is 0 Å². The van der Waals surface area contributed by atoms with Gasteiger partial charge in [0.05, 0.1) is 5.69 Å². The maximum Gasteiger partial charge on any atom is 0.328 e. The van der Waals surface area contributed by atoms with E-state index in [-0.39, 0.29) is 11.7 Å². The lowest BCUT2D eigenvalue weighted by Gasteiger charge is -2.15. The van der Waals surface area contributed by atoms with E-state index >= 15 is 0 Å². The van der Waals surface area contributed by atoms with Crippen LogP contribution in [0.5, 0.6) is 0 Å². The van der Waals surface area contributed by atoms with Gasteiger partial charge in [0.2, 0.25) is 0 Å². The highest BCUT2D eigenvalue weighted by Gasteiger charge is 2.21. The van der Waals surface area contributed by atoms with E-state index in [0.29, 0.717) is 5.92 Å². The second-order valence-corrected chi connectivity index (χ2v) is 4.68. The van der Waals surface area contributed by atoms with Gasteiger partial charge in [-0.3, -0.25) is 9.13 Å². The van der Waals surface area contributed by atoms with E-state index < -0.39 is 0 Å². The molecule has 1 aromatic rings. The van der Waals surface area contributed by atoms with Gasteiger partial charge in [-0.2, -0.15) is 0 Å². The minimum absolute atomic E-state index is 0.105. The largest absolute Gasteiger partial charge is 0.328 e. The lowest BCUT2D eigenvalue weighted by molar-refractivity contribution is 0.564. The molecule has 15 heavy (non-hydrogen) atoms. The molecule has 2 rings (SSSR count). The summed E-state index contributed by atoms with van der Waals surface area (Å²) in [5.41, 5.74) is 2.37. The maximum absolute atomic E-state index is 12.0. The minimum atomic E-state index is 0.105. The molecule has 0 aliphatic heterocycles. The summed E-state index contributed by atoms with van der Waals surface area (Å²) >= 11 is 0. The molecule has 0 radical (unpaired) electrons. The van der Waals surface area contributed by atoms with Gasteiger partial charge in [-0.25, -0.2) is 4.79 Å². The topological polar surface area (TPSA) is 26.9 Å². The Bertz CT molecular complexity index is 463. The summed E-state index contributed by atoms with van der Waals surface area (Å²) in [7, 11) is 1.87. The molecule has 1 atom stereocenters. The van der Waals surface area contributed by atoms with Gasteiger partial charge in [-0.05, 0) is 32.3 Å². The number of allylic oxidation sites excluding steroid dienone is 1. The molecule has 0 spiro atoms. The molecular weight excluding hydrogens is 188 g/mol.